The van der Waals surface area contributed by atoms with Gasteiger partial charge in [0.25, 0.3) is 5.91 Å². The Morgan fingerprint density at radius 2 is 1.70 bits per heavy atom. The number of carbonyl (C=O) groups is 1. The summed E-state index contributed by atoms with van der Waals surface area (Å²) in [5.41, 5.74) is 0.830. The normalized spacial score (nSPS) is 14.9. The number of benzene rings is 1. The van der Waals surface area contributed by atoms with E-state index in [0.717, 1.165) is 5.69 Å². The second-order valence-corrected chi connectivity index (χ2v) is 5.58. The highest BCUT2D eigenvalue weighted by Gasteiger charge is 2.25. The van der Waals surface area contributed by atoms with Gasteiger partial charge in [-0.2, -0.15) is 0 Å². The summed E-state index contributed by atoms with van der Waals surface area (Å²) < 4.78 is 26.9. The summed E-state index contributed by atoms with van der Waals surface area (Å²) in [4.78, 5) is 19.6. The summed E-state index contributed by atoms with van der Waals surface area (Å²) in [5.74, 6) is -1.47. The third kappa shape index (κ3) is 3.27. The lowest BCUT2D eigenvalue weighted by atomic mass is 10.2. The van der Waals surface area contributed by atoms with Crippen molar-refractivity contribution in [2.24, 2.45) is 0 Å². The molecule has 2 heterocycles. The molecule has 1 aromatic carbocycles. The van der Waals surface area contributed by atoms with Gasteiger partial charge >= 0.3 is 0 Å². The average Bonchev–Trinajstić information content (AvgIpc) is 2.58. The molecular formula is C16H14ClF2N3O. The molecule has 0 atom stereocenters. The molecule has 3 rings (SSSR count). The average molecular weight is 338 g/mol. The lowest BCUT2D eigenvalue weighted by molar-refractivity contribution is 0.0742. The Balaban J connectivity index is 1.68. The van der Waals surface area contributed by atoms with Crippen molar-refractivity contribution in [3.63, 3.8) is 0 Å². The van der Waals surface area contributed by atoms with Crippen LogP contribution < -0.4 is 4.90 Å². The van der Waals surface area contributed by atoms with Gasteiger partial charge in [-0.1, -0.05) is 11.6 Å². The minimum Gasteiger partial charge on any atom is -0.368 e. The molecule has 1 amide bonds. The molecule has 120 valence electrons. The molecule has 1 aliphatic rings. The minimum absolute atomic E-state index is 0.0692. The summed E-state index contributed by atoms with van der Waals surface area (Å²) in [5, 5.41) is -0.305. The van der Waals surface area contributed by atoms with E-state index < -0.39 is 11.7 Å². The van der Waals surface area contributed by atoms with Crippen molar-refractivity contribution in [1.29, 1.82) is 0 Å². The van der Waals surface area contributed by atoms with E-state index in [4.69, 9.17) is 11.6 Å². The molecule has 1 fully saturated rings. The Morgan fingerprint density at radius 1 is 1.04 bits per heavy atom. The molecule has 4 nitrogen and oxygen atoms in total. The maximum Gasteiger partial charge on any atom is 0.257 e. The summed E-state index contributed by atoms with van der Waals surface area (Å²) in [6, 6.07) is 7.54. The maximum atomic E-state index is 13.9. The van der Waals surface area contributed by atoms with Crippen LogP contribution in [0, 0.1) is 11.6 Å². The Labute approximate surface area is 137 Å². The molecule has 1 saturated heterocycles. The molecule has 1 aromatic heterocycles. The molecule has 7 heteroatoms. The van der Waals surface area contributed by atoms with E-state index in [1.165, 1.54) is 24.4 Å². The van der Waals surface area contributed by atoms with Crippen LogP contribution in [0.15, 0.2) is 36.5 Å². The maximum absolute atomic E-state index is 13.9. The Kier molecular flexibility index (Phi) is 4.43. The highest BCUT2D eigenvalue weighted by molar-refractivity contribution is 6.29. The van der Waals surface area contributed by atoms with Crippen LogP contribution in [0.4, 0.5) is 14.5 Å². The Bertz CT molecular complexity index is 716. The predicted molar refractivity (Wildman–Crippen MR) is 83.7 cm³/mol. The van der Waals surface area contributed by atoms with Gasteiger partial charge in [0.1, 0.15) is 5.82 Å². The monoisotopic (exact) mass is 337 g/mol. The number of hydrogen-bond donors (Lipinski definition) is 0. The summed E-state index contributed by atoms with van der Waals surface area (Å²) in [6.07, 6.45) is 1.31. The second kappa shape index (κ2) is 6.50. The van der Waals surface area contributed by atoms with E-state index >= 15 is 0 Å². The van der Waals surface area contributed by atoms with E-state index in [-0.39, 0.29) is 16.5 Å². The molecule has 0 N–H and O–H groups in total. The summed E-state index contributed by atoms with van der Waals surface area (Å²) in [6.45, 7) is 2.10. The number of rotatable bonds is 2. The van der Waals surface area contributed by atoms with Gasteiger partial charge in [-0.25, -0.2) is 13.8 Å². The van der Waals surface area contributed by atoms with Crippen LogP contribution in [0.2, 0.25) is 5.15 Å². The first-order valence-electron chi connectivity index (χ1n) is 7.16. The molecule has 0 saturated carbocycles. The standard InChI is InChI=1S/C16H14ClF2N3O/c17-15-14(19)13(5-6-20-15)16(23)22-9-7-21(8-10-22)12-3-1-11(18)2-4-12/h1-6H,7-10H2. The van der Waals surface area contributed by atoms with Gasteiger partial charge < -0.3 is 9.80 Å². The Morgan fingerprint density at radius 3 is 2.35 bits per heavy atom. The molecule has 23 heavy (non-hydrogen) atoms. The minimum atomic E-state index is -0.792. The van der Waals surface area contributed by atoms with Crippen LogP contribution in [0.25, 0.3) is 0 Å². The molecule has 0 bridgehead atoms. The van der Waals surface area contributed by atoms with Gasteiger partial charge in [0.2, 0.25) is 0 Å². The smallest absolute Gasteiger partial charge is 0.257 e. The molecule has 2 aromatic rings. The topological polar surface area (TPSA) is 36.4 Å². The fourth-order valence-corrected chi connectivity index (χ4v) is 2.73. The van der Waals surface area contributed by atoms with Crippen molar-refractivity contribution in [3.05, 3.63) is 58.9 Å². The highest BCUT2D eigenvalue weighted by atomic mass is 35.5. The van der Waals surface area contributed by atoms with Gasteiger partial charge in [0.05, 0.1) is 5.56 Å². The second-order valence-electron chi connectivity index (χ2n) is 5.22. The SMILES string of the molecule is O=C(c1ccnc(Cl)c1F)N1CCN(c2ccc(F)cc2)CC1. The highest BCUT2D eigenvalue weighted by Crippen LogP contribution is 2.20. The van der Waals surface area contributed by atoms with Crippen molar-refractivity contribution in [3.8, 4) is 0 Å². The van der Waals surface area contributed by atoms with E-state index in [9.17, 15) is 13.6 Å². The fourth-order valence-electron chi connectivity index (χ4n) is 2.57. The van der Waals surface area contributed by atoms with Crippen LogP contribution >= 0.6 is 11.6 Å². The largest absolute Gasteiger partial charge is 0.368 e. The molecular weight excluding hydrogens is 324 g/mol. The van der Waals surface area contributed by atoms with Crippen molar-refractivity contribution in [2.45, 2.75) is 0 Å². The number of pyridine rings is 1. The van der Waals surface area contributed by atoms with Gasteiger partial charge in [-0.15, -0.1) is 0 Å². The number of nitrogens with zero attached hydrogens (tertiary/aromatic N) is 3. The Hall–Kier alpha value is -2.21. The molecule has 1 aliphatic heterocycles. The van der Waals surface area contributed by atoms with Crippen molar-refractivity contribution >= 4 is 23.2 Å². The van der Waals surface area contributed by atoms with Gasteiger partial charge in [-0.3, -0.25) is 4.79 Å². The number of amides is 1. The zero-order chi connectivity index (χ0) is 16.4. The summed E-state index contributed by atoms with van der Waals surface area (Å²) in [7, 11) is 0. The number of halogens is 3. The van der Waals surface area contributed by atoms with E-state index in [1.54, 1.807) is 17.0 Å². The lowest BCUT2D eigenvalue weighted by Gasteiger charge is -2.36. The van der Waals surface area contributed by atoms with Gasteiger partial charge in [-0.05, 0) is 30.3 Å². The first-order valence-corrected chi connectivity index (χ1v) is 7.54. The van der Waals surface area contributed by atoms with Crippen LogP contribution in [-0.2, 0) is 0 Å². The number of piperazine rings is 1. The first kappa shape index (κ1) is 15.7. The van der Waals surface area contributed by atoms with E-state index in [2.05, 4.69) is 9.88 Å². The number of anilines is 1. The number of hydrogen-bond acceptors (Lipinski definition) is 3. The first-order chi connectivity index (χ1) is 11.1. The molecule has 0 aliphatic carbocycles. The van der Waals surface area contributed by atoms with Crippen LogP contribution in [0.5, 0.6) is 0 Å². The lowest BCUT2D eigenvalue weighted by Crippen LogP contribution is -2.49. The van der Waals surface area contributed by atoms with Crippen molar-refractivity contribution < 1.29 is 13.6 Å². The summed E-state index contributed by atoms with van der Waals surface area (Å²) >= 11 is 5.62. The number of aromatic nitrogens is 1. The third-order valence-corrected chi connectivity index (χ3v) is 4.10. The van der Waals surface area contributed by atoms with Gasteiger partial charge in [0, 0.05) is 38.1 Å². The van der Waals surface area contributed by atoms with Crippen LogP contribution in [0.3, 0.4) is 0 Å². The molecule has 0 unspecified atom stereocenters. The fraction of sp³-hybridized carbons (Fsp3) is 0.250. The van der Waals surface area contributed by atoms with Crippen LogP contribution in [-0.4, -0.2) is 42.0 Å². The zero-order valence-electron chi connectivity index (χ0n) is 12.2. The van der Waals surface area contributed by atoms with E-state index in [1.807, 2.05) is 0 Å². The predicted octanol–water partition coefficient (Wildman–Crippen LogP) is 2.98. The van der Waals surface area contributed by atoms with Crippen molar-refractivity contribution in [1.82, 2.24) is 9.88 Å². The molecule has 0 radical (unpaired) electrons. The molecule has 0 spiro atoms. The van der Waals surface area contributed by atoms with Crippen LogP contribution in [0.1, 0.15) is 10.4 Å². The quantitative estimate of drug-likeness (QED) is 0.791. The van der Waals surface area contributed by atoms with E-state index in [0.29, 0.717) is 26.2 Å². The zero-order valence-corrected chi connectivity index (χ0v) is 12.9. The third-order valence-electron chi connectivity index (χ3n) is 3.84. The van der Waals surface area contributed by atoms with Gasteiger partial charge in [0.15, 0.2) is 11.0 Å². The number of carbonyl (C=O) groups excluding carboxylic acids is 1. The van der Waals surface area contributed by atoms with Crippen molar-refractivity contribution in [2.75, 3.05) is 31.1 Å².